The average Bonchev–Trinajstić information content (AvgIpc) is 2.80. The van der Waals surface area contributed by atoms with Crippen molar-refractivity contribution < 1.29 is 18.3 Å². The molecule has 1 fully saturated rings. The van der Waals surface area contributed by atoms with E-state index in [-0.39, 0.29) is 18.0 Å². The second-order valence-electron chi connectivity index (χ2n) is 4.00. The highest BCUT2D eigenvalue weighted by atomic mass is 32.2. The zero-order valence-electron chi connectivity index (χ0n) is 9.04. The first-order valence-corrected chi connectivity index (χ1v) is 6.80. The number of hydrogen-bond donors (Lipinski definition) is 2. The maximum Gasteiger partial charge on any atom is 0.309 e. The summed E-state index contributed by atoms with van der Waals surface area (Å²) in [7, 11) is -3.58. The van der Waals surface area contributed by atoms with Crippen molar-refractivity contribution >= 4 is 15.8 Å². The number of hydrogen-bond acceptors (Lipinski definition) is 4. The molecule has 0 spiro atoms. The molecular formula is C11H13NO4S. The second-order valence-corrected chi connectivity index (χ2v) is 6.17. The molecule has 0 aromatic heterocycles. The average molecular weight is 255 g/mol. The standard InChI is InChI=1S/C11H13NO4S/c13-11(14)9-6-12-7-10(9)17(15,16)8-4-2-1-3-5-8/h1-5,9-10,12H,6-7H2,(H,13,14)/t9-,10+/m1/s1. The van der Waals surface area contributed by atoms with Gasteiger partial charge in [-0.25, -0.2) is 8.42 Å². The predicted molar refractivity (Wildman–Crippen MR) is 61.4 cm³/mol. The lowest BCUT2D eigenvalue weighted by Crippen LogP contribution is -2.33. The fourth-order valence-corrected chi connectivity index (χ4v) is 3.88. The summed E-state index contributed by atoms with van der Waals surface area (Å²) in [5, 5.41) is 10.9. The SMILES string of the molecule is O=C(O)[C@@H]1CNC[C@@H]1S(=O)(=O)c1ccccc1. The molecule has 2 N–H and O–H groups in total. The van der Waals surface area contributed by atoms with Crippen LogP contribution in [0.3, 0.4) is 0 Å². The highest BCUT2D eigenvalue weighted by Crippen LogP contribution is 2.24. The van der Waals surface area contributed by atoms with Crippen molar-refractivity contribution in [3.05, 3.63) is 30.3 Å². The van der Waals surface area contributed by atoms with Crippen LogP contribution >= 0.6 is 0 Å². The van der Waals surface area contributed by atoms with Gasteiger partial charge in [0.2, 0.25) is 0 Å². The van der Waals surface area contributed by atoms with Crippen molar-refractivity contribution in [2.75, 3.05) is 13.1 Å². The quantitative estimate of drug-likeness (QED) is 0.802. The number of carboxylic acid groups (broad SMARTS) is 1. The molecule has 0 bridgehead atoms. The molecule has 17 heavy (non-hydrogen) atoms. The first-order valence-electron chi connectivity index (χ1n) is 5.26. The van der Waals surface area contributed by atoms with E-state index in [9.17, 15) is 13.2 Å². The Balaban J connectivity index is 2.37. The van der Waals surface area contributed by atoms with Crippen LogP contribution in [0.5, 0.6) is 0 Å². The third kappa shape index (κ3) is 2.18. The van der Waals surface area contributed by atoms with Gasteiger partial charge in [-0.1, -0.05) is 18.2 Å². The van der Waals surface area contributed by atoms with Gasteiger partial charge in [0.1, 0.15) is 0 Å². The van der Waals surface area contributed by atoms with E-state index >= 15 is 0 Å². The summed E-state index contributed by atoms with van der Waals surface area (Å²) < 4.78 is 24.5. The Morgan fingerprint density at radius 1 is 1.24 bits per heavy atom. The fraction of sp³-hybridized carbons (Fsp3) is 0.364. The molecule has 0 unspecified atom stereocenters. The zero-order chi connectivity index (χ0) is 12.5. The summed E-state index contributed by atoms with van der Waals surface area (Å²) in [5.41, 5.74) is 0. The first-order chi connectivity index (χ1) is 8.03. The Kier molecular flexibility index (Phi) is 3.17. The molecule has 0 amide bonds. The summed E-state index contributed by atoms with van der Waals surface area (Å²) in [6.45, 7) is 0.389. The molecule has 1 saturated heterocycles. The number of rotatable bonds is 3. The molecule has 6 heteroatoms. The molecule has 1 aliphatic rings. The number of carbonyl (C=O) groups is 1. The Bertz CT molecular complexity index is 512. The van der Waals surface area contributed by atoms with Crippen LogP contribution in [0.15, 0.2) is 35.2 Å². The van der Waals surface area contributed by atoms with Crippen molar-refractivity contribution in [3.8, 4) is 0 Å². The van der Waals surface area contributed by atoms with Crippen molar-refractivity contribution in [2.45, 2.75) is 10.1 Å². The lowest BCUT2D eigenvalue weighted by atomic mass is 10.1. The molecule has 2 atom stereocenters. The molecule has 1 aliphatic heterocycles. The number of carboxylic acids is 1. The number of benzene rings is 1. The van der Waals surface area contributed by atoms with Crippen molar-refractivity contribution in [3.63, 3.8) is 0 Å². The van der Waals surface area contributed by atoms with Crippen LogP contribution in [0, 0.1) is 5.92 Å². The van der Waals surface area contributed by atoms with Crippen molar-refractivity contribution in [1.82, 2.24) is 5.32 Å². The number of nitrogens with one attached hydrogen (secondary N) is 1. The summed E-state index contributed by atoms with van der Waals surface area (Å²) in [6.07, 6.45) is 0. The monoisotopic (exact) mass is 255 g/mol. The van der Waals surface area contributed by atoms with E-state index in [1.165, 1.54) is 12.1 Å². The van der Waals surface area contributed by atoms with E-state index < -0.39 is 27.0 Å². The minimum Gasteiger partial charge on any atom is -0.481 e. The van der Waals surface area contributed by atoms with Gasteiger partial charge in [-0.2, -0.15) is 0 Å². The van der Waals surface area contributed by atoms with Crippen LogP contribution in [0.2, 0.25) is 0 Å². The molecule has 0 saturated carbocycles. The minimum atomic E-state index is -3.58. The van der Waals surface area contributed by atoms with E-state index in [2.05, 4.69) is 5.32 Å². The molecule has 5 nitrogen and oxygen atoms in total. The molecule has 2 rings (SSSR count). The van der Waals surface area contributed by atoms with Crippen LogP contribution < -0.4 is 5.32 Å². The highest BCUT2D eigenvalue weighted by Gasteiger charge is 2.42. The summed E-state index contributed by atoms with van der Waals surface area (Å²) >= 11 is 0. The van der Waals surface area contributed by atoms with Crippen LogP contribution in [0.25, 0.3) is 0 Å². The van der Waals surface area contributed by atoms with Crippen LogP contribution in [0.1, 0.15) is 0 Å². The van der Waals surface area contributed by atoms with Crippen molar-refractivity contribution in [2.24, 2.45) is 5.92 Å². The van der Waals surface area contributed by atoms with Gasteiger partial charge >= 0.3 is 5.97 Å². The summed E-state index contributed by atoms with van der Waals surface area (Å²) in [4.78, 5) is 11.2. The minimum absolute atomic E-state index is 0.181. The molecule has 0 aliphatic carbocycles. The van der Waals surface area contributed by atoms with E-state index in [4.69, 9.17) is 5.11 Å². The maximum atomic E-state index is 12.2. The summed E-state index contributed by atoms with van der Waals surface area (Å²) in [6, 6.07) is 7.97. The highest BCUT2D eigenvalue weighted by molar-refractivity contribution is 7.92. The van der Waals surface area contributed by atoms with E-state index in [0.717, 1.165) is 0 Å². The lowest BCUT2D eigenvalue weighted by molar-refractivity contribution is -0.140. The van der Waals surface area contributed by atoms with Crippen LogP contribution in [-0.2, 0) is 14.6 Å². The Morgan fingerprint density at radius 2 is 1.88 bits per heavy atom. The van der Waals surface area contributed by atoms with E-state index in [1.807, 2.05) is 0 Å². The van der Waals surface area contributed by atoms with Crippen LogP contribution in [0.4, 0.5) is 0 Å². The van der Waals surface area contributed by atoms with Crippen LogP contribution in [-0.4, -0.2) is 37.8 Å². The van der Waals surface area contributed by atoms with Crippen molar-refractivity contribution in [1.29, 1.82) is 0 Å². The Labute approximate surface area is 99.4 Å². The van der Waals surface area contributed by atoms with Gasteiger partial charge in [0, 0.05) is 13.1 Å². The second kappa shape index (κ2) is 4.46. The Hall–Kier alpha value is -1.40. The topological polar surface area (TPSA) is 83.5 Å². The third-order valence-corrected chi connectivity index (χ3v) is 5.17. The first kappa shape index (κ1) is 12.1. The number of sulfone groups is 1. The Morgan fingerprint density at radius 3 is 2.47 bits per heavy atom. The van der Waals surface area contributed by atoms with Gasteiger partial charge in [-0.05, 0) is 12.1 Å². The van der Waals surface area contributed by atoms with Gasteiger partial charge in [0.25, 0.3) is 0 Å². The number of aliphatic carboxylic acids is 1. The predicted octanol–water partition coefficient (Wildman–Crippen LogP) is 0.133. The fourth-order valence-electron chi connectivity index (χ4n) is 2.01. The molecule has 92 valence electrons. The lowest BCUT2D eigenvalue weighted by Gasteiger charge is -2.15. The molecular weight excluding hydrogens is 242 g/mol. The maximum absolute atomic E-state index is 12.2. The smallest absolute Gasteiger partial charge is 0.309 e. The zero-order valence-corrected chi connectivity index (χ0v) is 9.85. The van der Waals surface area contributed by atoms with Gasteiger partial charge < -0.3 is 10.4 Å². The largest absolute Gasteiger partial charge is 0.481 e. The van der Waals surface area contributed by atoms with Gasteiger partial charge in [0.05, 0.1) is 16.1 Å². The molecule has 1 aromatic carbocycles. The van der Waals surface area contributed by atoms with Gasteiger partial charge in [-0.3, -0.25) is 4.79 Å². The van der Waals surface area contributed by atoms with Gasteiger partial charge in [0.15, 0.2) is 9.84 Å². The third-order valence-electron chi connectivity index (χ3n) is 2.95. The summed E-state index contributed by atoms with van der Waals surface area (Å²) in [5.74, 6) is -1.94. The van der Waals surface area contributed by atoms with E-state index in [0.29, 0.717) is 0 Å². The van der Waals surface area contributed by atoms with Gasteiger partial charge in [-0.15, -0.1) is 0 Å². The molecule has 0 radical (unpaired) electrons. The normalized spacial score (nSPS) is 24.7. The van der Waals surface area contributed by atoms with E-state index in [1.54, 1.807) is 18.2 Å². The molecule has 1 heterocycles. The molecule has 1 aromatic rings.